The summed E-state index contributed by atoms with van der Waals surface area (Å²) in [4.78, 5) is 11.4. The second-order valence-corrected chi connectivity index (χ2v) is 5.19. The largest absolute Gasteiger partial charge is 0.494 e. The summed E-state index contributed by atoms with van der Waals surface area (Å²) >= 11 is 3.35. The van der Waals surface area contributed by atoms with E-state index in [0.717, 1.165) is 10.2 Å². The van der Waals surface area contributed by atoms with Gasteiger partial charge in [0.15, 0.2) is 0 Å². The molecule has 1 atom stereocenters. The van der Waals surface area contributed by atoms with Gasteiger partial charge in [-0.25, -0.2) is 0 Å². The van der Waals surface area contributed by atoms with Crippen LogP contribution in [0.1, 0.15) is 26.2 Å². The van der Waals surface area contributed by atoms with E-state index in [4.69, 9.17) is 4.74 Å². The third kappa shape index (κ3) is 7.18. The van der Waals surface area contributed by atoms with Crippen LogP contribution in [-0.2, 0) is 4.79 Å². The highest BCUT2D eigenvalue weighted by molar-refractivity contribution is 9.10. The number of aliphatic hydroxyl groups is 1. The Labute approximate surface area is 122 Å². The zero-order chi connectivity index (χ0) is 14.1. The molecule has 0 bridgehead atoms. The second kappa shape index (κ2) is 8.93. The zero-order valence-corrected chi connectivity index (χ0v) is 12.6. The minimum atomic E-state index is -0.456. The molecular weight excluding hydrogens is 310 g/mol. The van der Waals surface area contributed by atoms with E-state index in [-0.39, 0.29) is 5.91 Å². The van der Waals surface area contributed by atoms with Crippen LogP contribution in [0.15, 0.2) is 28.7 Å². The molecule has 1 rings (SSSR count). The molecule has 0 radical (unpaired) electrons. The van der Waals surface area contributed by atoms with Crippen molar-refractivity contribution in [3.05, 3.63) is 28.7 Å². The highest BCUT2D eigenvalue weighted by Gasteiger charge is 2.04. The van der Waals surface area contributed by atoms with Crippen molar-refractivity contribution in [1.82, 2.24) is 5.32 Å². The van der Waals surface area contributed by atoms with E-state index >= 15 is 0 Å². The number of amides is 1. The average Bonchev–Trinajstić information content (AvgIpc) is 2.42. The highest BCUT2D eigenvalue weighted by Crippen LogP contribution is 2.16. The lowest BCUT2D eigenvalue weighted by Gasteiger charge is -2.09. The van der Waals surface area contributed by atoms with Crippen molar-refractivity contribution in [2.24, 2.45) is 0 Å². The quantitative estimate of drug-likeness (QED) is 0.720. The predicted molar refractivity (Wildman–Crippen MR) is 78.2 cm³/mol. The van der Waals surface area contributed by atoms with E-state index in [0.29, 0.717) is 32.4 Å². The molecule has 1 aromatic rings. The molecule has 0 heterocycles. The third-order valence-corrected chi connectivity index (χ3v) is 3.17. The molecule has 1 unspecified atom stereocenters. The van der Waals surface area contributed by atoms with Gasteiger partial charge >= 0.3 is 0 Å². The first-order chi connectivity index (χ1) is 9.11. The van der Waals surface area contributed by atoms with Crippen LogP contribution < -0.4 is 10.1 Å². The topological polar surface area (TPSA) is 58.6 Å². The van der Waals surface area contributed by atoms with Gasteiger partial charge in [-0.15, -0.1) is 0 Å². The number of halogens is 1. The Balaban J connectivity index is 2.10. The molecule has 0 spiro atoms. The van der Waals surface area contributed by atoms with Crippen LogP contribution in [0, 0.1) is 0 Å². The summed E-state index contributed by atoms with van der Waals surface area (Å²) in [7, 11) is 0. The van der Waals surface area contributed by atoms with Crippen LogP contribution in [0.4, 0.5) is 0 Å². The van der Waals surface area contributed by atoms with Gasteiger partial charge in [-0.2, -0.15) is 0 Å². The van der Waals surface area contributed by atoms with Gasteiger partial charge in [0.25, 0.3) is 0 Å². The minimum Gasteiger partial charge on any atom is -0.494 e. The van der Waals surface area contributed by atoms with Crippen molar-refractivity contribution in [3.8, 4) is 5.75 Å². The van der Waals surface area contributed by atoms with Crippen LogP contribution in [0.25, 0.3) is 0 Å². The number of carbonyl (C=O) groups excluding carboxylic acids is 1. The Morgan fingerprint density at radius 2 is 2.11 bits per heavy atom. The lowest BCUT2D eigenvalue weighted by atomic mass is 10.2. The Hall–Kier alpha value is -1.07. The van der Waals surface area contributed by atoms with Gasteiger partial charge in [0.2, 0.25) is 5.91 Å². The van der Waals surface area contributed by atoms with Gasteiger partial charge in [0.1, 0.15) is 5.75 Å². The number of nitrogens with one attached hydrogen (secondary N) is 1. The number of carbonyl (C=O) groups is 1. The Morgan fingerprint density at radius 3 is 2.74 bits per heavy atom. The first-order valence-corrected chi connectivity index (χ1v) is 7.24. The molecule has 19 heavy (non-hydrogen) atoms. The Morgan fingerprint density at radius 1 is 1.42 bits per heavy atom. The van der Waals surface area contributed by atoms with E-state index in [1.54, 1.807) is 0 Å². The third-order valence-electron chi connectivity index (χ3n) is 2.64. The molecule has 0 aliphatic heterocycles. The standard InChI is InChI=1S/C14H20BrNO3/c1-2-12(17)10-16-14(18)4-3-9-19-13-7-5-11(15)6-8-13/h5-8,12,17H,2-4,9-10H2,1H3,(H,16,18). The Kier molecular flexibility index (Phi) is 7.52. The van der Waals surface area contributed by atoms with Crippen LogP contribution in [0.3, 0.4) is 0 Å². The molecule has 0 saturated heterocycles. The minimum absolute atomic E-state index is 0.0492. The van der Waals surface area contributed by atoms with Crippen LogP contribution in [0.2, 0.25) is 0 Å². The van der Waals surface area contributed by atoms with Crippen LogP contribution in [0.5, 0.6) is 5.75 Å². The van der Waals surface area contributed by atoms with Gasteiger partial charge in [-0.1, -0.05) is 22.9 Å². The molecule has 1 amide bonds. The zero-order valence-electron chi connectivity index (χ0n) is 11.1. The fraction of sp³-hybridized carbons (Fsp3) is 0.500. The molecule has 0 fully saturated rings. The monoisotopic (exact) mass is 329 g/mol. The van der Waals surface area contributed by atoms with Gasteiger partial charge in [0, 0.05) is 17.4 Å². The highest BCUT2D eigenvalue weighted by atomic mass is 79.9. The van der Waals surface area contributed by atoms with E-state index in [1.807, 2.05) is 31.2 Å². The summed E-state index contributed by atoms with van der Waals surface area (Å²) in [5.41, 5.74) is 0. The van der Waals surface area contributed by atoms with Gasteiger partial charge < -0.3 is 15.2 Å². The van der Waals surface area contributed by atoms with Crippen LogP contribution in [-0.4, -0.2) is 30.3 Å². The molecule has 2 N–H and O–H groups in total. The van der Waals surface area contributed by atoms with E-state index in [1.165, 1.54) is 0 Å². The van der Waals surface area contributed by atoms with Gasteiger partial charge in [-0.3, -0.25) is 4.79 Å². The fourth-order valence-electron chi connectivity index (χ4n) is 1.42. The van der Waals surface area contributed by atoms with Crippen molar-refractivity contribution >= 4 is 21.8 Å². The first-order valence-electron chi connectivity index (χ1n) is 6.45. The molecular formula is C14H20BrNO3. The number of rotatable bonds is 8. The van der Waals surface area contributed by atoms with E-state index < -0.39 is 6.10 Å². The van der Waals surface area contributed by atoms with E-state index in [2.05, 4.69) is 21.2 Å². The molecule has 0 saturated carbocycles. The lowest BCUT2D eigenvalue weighted by molar-refractivity contribution is -0.121. The fourth-order valence-corrected chi connectivity index (χ4v) is 1.68. The van der Waals surface area contributed by atoms with Gasteiger partial charge in [-0.05, 0) is 37.1 Å². The molecule has 0 aliphatic rings. The maximum atomic E-state index is 11.4. The smallest absolute Gasteiger partial charge is 0.220 e. The van der Waals surface area contributed by atoms with Crippen molar-refractivity contribution in [2.45, 2.75) is 32.3 Å². The summed E-state index contributed by atoms with van der Waals surface area (Å²) in [6, 6.07) is 7.58. The normalized spacial score (nSPS) is 11.9. The summed E-state index contributed by atoms with van der Waals surface area (Å²) in [6.45, 7) is 2.71. The SMILES string of the molecule is CCC(O)CNC(=O)CCCOc1ccc(Br)cc1. The van der Waals surface area contributed by atoms with Crippen molar-refractivity contribution in [1.29, 1.82) is 0 Å². The predicted octanol–water partition coefficient (Wildman–Crippen LogP) is 2.50. The lowest BCUT2D eigenvalue weighted by Crippen LogP contribution is -2.31. The molecule has 4 nitrogen and oxygen atoms in total. The number of ether oxygens (including phenoxy) is 1. The Bertz CT molecular complexity index is 381. The maximum absolute atomic E-state index is 11.4. The summed E-state index contributed by atoms with van der Waals surface area (Å²) in [5.74, 6) is 0.747. The molecule has 1 aromatic carbocycles. The van der Waals surface area contributed by atoms with E-state index in [9.17, 15) is 9.90 Å². The molecule has 0 aromatic heterocycles. The number of benzene rings is 1. The number of aliphatic hydroxyl groups excluding tert-OH is 1. The summed E-state index contributed by atoms with van der Waals surface area (Å²) in [5, 5.41) is 12.0. The second-order valence-electron chi connectivity index (χ2n) is 4.27. The number of hydrogen-bond donors (Lipinski definition) is 2. The van der Waals surface area contributed by atoms with Gasteiger partial charge in [0.05, 0.1) is 12.7 Å². The molecule has 0 aliphatic carbocycles. The molecule has 106 valence electrons. The van der Waals surface area contributed by atoms with Crippen molar-refractivity contribution in [2.75, 3.05) is 13.2 Å². The first kappa shape index (κ1) is 16.0. The van der Waals surface area contributed by atoms with Crippen molar-refractivity contribution < 1.29 is 14.6 Å². The molecule has 5 heteroatoms. The number of hydrogen-bond acceptors (Lipinski definition) is 3. The maximum Gasteiger partial charge on any atom is 0.220 e. The summed E-state index contributed by atoms with van der Waals surface area (Å²) in [6.07, 6.45) is 1.26. The van der Waals surface area contributed by atoms with Crippen molar-refractivity contribution in [3.63, 3.8) is 0 Å². The van der Waals surface area contributed by atoms with Crippen LogP contribution >= 0.6 is 15.9 Å². The average molecular weight is 330 g/mol. The summed E-state index contributed by atoms with van der Waals surface area (Å²) < 4.78 is 6.52.